The topological polar surface area (TPSA) is 25.8 Å². The van der Waals surface area contributed by atoms with Gasteiger partial charge in [-0.15, -0.1) is 11.3 Å². The summed E-state index contributed by atoms with van der Waals surface area (Å²) in [6.45, 7) is 1.95. The Balaban J connectivity index is 2.05. The molecule has 0 aliphatic rings. The van der Waals surface area contributed by atoms with Crippen molar-refractivity contribution in [1.82, 2.24) is 9.97 Å². The van der Waals surface area contributed by atoms with Crippen LogP contribution in [-0.2, 0) is 5.75 Å². The Morgan fingerprint density at radius 3 is 3.00 bits per heavy atom. The number of thioether (sulfide) groups is 1. The van der Waals surface area contributed by atoms with Crippen LogP contribution in [-0.4, -0.2) is 9.97 Å². The summed E-state index contributed by atoms with van der Waals surface area (Å²) >= 11 is 9.25. The average molecular weight is 257 g/mol. The molecule has 78 valence electrons. The number of aromatic nitrogens is 2. The summed E-state index contributed by atoms with van der Waals surface area (Å²) in [4.78, 5) is 8.33. The molecule has 2 aromatic rings. The van der Waals surface area contributed by atoms with Gasteiger partial charge in [0.15, 0.2) is 0 Å². The number of rotatable bonds is 3. The fourth-order valence-electron chi connectivity index (χ4n) is 1.21. The third kappa shape index (κ3) is 3.19. The van der Waals surface area contributed by atoms with Crippen LogP contribution in [0.1, 0.15) is 11.3 Å². The predicted octanol–water partition coefficient (Wildman–Crippen LogP) is 3.79. The maximum absolute atomic E-state index is 5.88. The van der Waals surface area contributed by atoms with Gasteiger partial charge in [0.05, 0.1) is 0 Å². The first kappa shape index (κ1) is 10.9. The second-order valence-corrected chi connectivity index (χ2v) is 5.53. The maximum Gasteiger partial charge on any atom is 0.150 e. The molecule has 0 radical (unpaired) electrons. The molecule has 0 spiro atoms. The molecule has 0 aliphatic heterocycles. The van der Waals surface area contributed by atoms with Gasteiger partial charge in [0.2, 0.25) is 0 Å². The molecule has 0 aromatic carbocycles. The first-order valence-electron chi connectivity index (χ1n) is 4.39. The standard InChI is InChI=1S/C10H9ClN2S2/c1-7-4-8(5-9(11)13-7)6-15-10-12-2-3-14-10/h2-5H,6H2,1H3. The zero-order valence-electron chi connectivity index (χ0n) is 8.11. The van der Waals surface area contributed by atoms with E-state index in [0.29, 0.717) is 5.15 Å². The van der Waals surface area contributed by atoms with Crippen LogP contribution < -0.4 is 0 Å². The molecule has 5 heteroatoms. The quantitative estimate of drug-likeness (QED) is 0.617. The number of pyridine rings is 1. The van der Waals surface area contributed by atoms with E-state index < -0.39 is 0 Å². The largest absolute Gasteiger partial charge is 0.241 e. The van der Waals surface area contributed by atoms with Gasteiger partial charge in [0, 0.05) is 23.0 Å². The summed E-state index contributed by atoms with van der Waals surface area (Å²) in [6.07, 6.45) is 1.82. The number of nitrogens with zero attached hydrogens (tertiary/aromatic N) is 2. The first-order chi connectivity index (χ1) is 7.24. The Labute approximate surface area is 102 Å². The highest BCUT2D eigenvalue weighted by molar-refractivity contribution is 8.00. The van der Waals surface area contributed by atoms with E-state index in [2.05, 4.69) is 9.97 Å². The Bertz CT molecular complexity index is 422. The molecule has 2 aromatic heterocycles. The Hall–Kier alpha value is -0.580. The van der Waals surface area contributed by atoms with Gasteiger partial charge in [-0.25, -0.2) is 9.97 Å². The lowest BCUT2D eigenvalue weighted by molar-refractivity contribution is 1.17. The van der Waals surface area contributed by atoms with Gasteiger partial charge in [0.1, 0.15) is 9.49 Å². The number of thiazole rings is 1. The van der Waals surface area contributed by atoms with Crippen molar-refractivity contribution < 1.29 is 0 Å². The first-order valence-corrected chi connectivity index (χ1v) is 6.64. The highest BCUT2D eigenvalue weighted by Gasteiger charge is 2.01. The van der Waals surface area contributed by atoms with E-state index in [9.17, 15) is 0 Å². The van der Waals surface area contributed by atoms with Crippen LogP contribution in [0.25, 0.3) is 0 Å². The smallest absolute Gasteiger partial charge is 0.150 e. The van der Waals surface area contributed by atoms with Crippen molar-refractivity contribution in [2.75, 3.05) is 0 Å². The average Bonchev–Trinajstić information content (AvgIpc) is 2.65. The molecule has 2 rings (SSSR count). The zero-order valence-corrected chi connectivity index (χ0v) is 10.5. The van der Waals surface area contributed by atoms with Crippen molar-refractivity contribution in [2.45, 2.75) is 17.0 Å². The molecule has 0 amide bonds. The lowest BCUT2D eigenvalue weighted by atomic mass is 10.2. The highest BCUT2D eigenvalue weighted by Crippen LogP contribution is 2.25. The fourth-order valence-corrected chi connectivity index (χ4v) is 3.05. The molecule has 0 atom stereocenters. The summed E-state index contributed by atoms with van der Waals surface area (Å²) in [5.41, 5.74) is 2.14. The van der Waals surface area contributed by atoms with Crippen molar-refractivity contribution in [1.29, 1.82) is 0 Å². The molecule has 15 heavy (non-hydrogen) atoms. The van der Waals surface area contributed by atoms with Gasteiger partial charge < -0.3 is 0 Å². The van der Waals surface area contributed by atoms with E-state index in [0.717, 1.165) is 15.8 Å². The van der Waals surface area contributed by atoms with Crippen molar-refractivity contribution in [3.8, 4) is 0 Å². The second kappa shape index (κ2) is 4.96. The minimum absolute atomic E-state index is 0.560. The van der Waals surface area contributed by atoms with Crippen molar-refractivity contribution >= 4 is 34.7 Å². The summed E-state index contributed by atoms with van der Waals surface area (Å²) in [5, 5.41) is 2.54. The lowest BCUT2D eigenvalue weighted by Gasteiger charge is -2.01. The lowest BCUT2D eigenvalue weighted by Crippen LogP contribution is -1.87. The van der Waals surface area contributed by atoms with Gasteiger partial charge >= 0.3 is 0 Å². The van der Waals surface area contributed by atoms with E-state index in [1.807, 2.05) is 30.6 Å². The van der Waals surface area contributed by atoms with Crippen LogP contribution in [0.15, 0.2) is 28.0 Å². The van der Waals surface area contributed by atoms with Crippen molar-refractivity contribution in [2.24, 2.45) is 0 Å². The molecule has 2 heterocycles. The Kier molecular flexibility index (Phi) is 3.61. The van der Waals surface area contributed by atoms with Crippen molar-refractivity contribution in [3.63, 3.8) is 0 Å². The predicted molar refractivity (Wildman–Crippen MR) is 65.7 cm³/mol. The van der Waals surface area contributed by atoms with Crippen LogP contribution in [0.3, 0.4) is 0 Å². The number of aryl methyl sites for hydroxylation is 1. The monoisotopic (exact) mass is 256 g/mol. The molecule has 0 saturated heterocycles. The number of hydrogen-bond donors (Lipinski definition) is 0. The Morgan fingerprint density at radius 1 is 1.47 bits per heavy atom. The molecular weight excluding hydrogens is 248 g/mol. The molecule has 0 N–H and O–H groups in total. The van der Waals surface area contributed by atoms with Gasteiger partial charge in [0.25, 0.3) is 0 Å². The van der Waals surface area contributed by atoms with Gasteiger partial charge in [-0.3, -0.25) is 0 Å². The minimum Gasteiger partial charge on any atom is -0.241 e. The normalized spacial score (nSPS) is 10.5. The zero-order chi connectivity index (χ0) is 10.7. The van der Waals surface area contributed by atoms with Crippen LogP contribution in [0, 0.1) is 6.92 Å². The summed E-state index contributed by atoms with van der Waals surface area (Å²) in [7, 11) is 0. The molecule has 0 fully saturated rings. The second-order valence-electron chi connectivity index (χ2n) is 3.03. The molecular formula is C10H9ClN2S2. The van der Waals surface area contributed by atoms with Gasteiger partial charge in [-0.05, 0) is 24.6 Å². The summed E-state index contributed by atoms with van der Waals surface area (Å²) < 4.78 is 1.08. The van der Waals surface area contributed by atoms with Gasteiger partial charge in [-0.2, -0.15) is 0 Å². The highest BCUT2D eigenvalue weighted by atomic mass is 35.5. The van der Waals surface area contributed by atoms with E-state index in [1.54, 1.807) is 23.1 Å². The van der Waals surface area contributed by atoms with E-state index >= 15 is 0 Å². The third-order valence-electron chi connectivity index (χ3n) is 1.75. The van der Waals surface area contributed by atoms with Crippen LogP contribution >= 0.6 is 34.7 Å². The molecule has 0 aliphatic carbocycles. The van der Waals surface area contributed by atoms with E-state index in [1.165, 1.54) is 5.56 Å². The van der Waals surface area contributed by atoms with Crippen molar-refractivity contribution in [3.05, 3.63) is 40.1 Å². The molecule has 0 saturated carbocycles. The number of hydrogen-bond acceptors (Lipinski definition) is 4. The summed E-state index contributed by atoms with van der Waals surface area (Å²) in [6, 6.07) is 3.95. The van der Waals surface area contributed by atoms with E-state index in [-0.39, 0.29) is 0 Å². The number of halogens is 1. The van der Waals surface area contributed by atoms with Gasteiger partial charge in [-0.1, -0.05) is 23.4 Å². The minimum atomic E-state index is 0.560. The fraction of sp³-hybridized carbons (Fsp3) is 0.200. The Morgan fingerprint density at radius 2 is 2.33 bits per heavy atom. The molecule has 0 bridgehead atoms. The third-order valence-corrected chi connectivity index (χ3v) is 3.98. The summed E-state index contributed by atoms with van der Waals surface area (Å²) in [5.74, 6) is 0.886. The van der Waals surface area contributed by atoms with Crippen LogP contribution in [0.5, 0.6) is 0 Å². The molecule has 0 unspecified atom stereocenters. The molecule has 2 nitrogen and oxygen atoms in total. The SMILES string of the molecule is Cc1cc(CSc2nccs2)cc(Cl)n1. The maximum atomic E-state index is 5.88. The van der Waals surface area contributed by atoms with E-state index in [4.69, 9.17) is 11.6 Å². The van der Waals surface area contributed by atoms with Crippen LogP contribution in [0.2, 0.25) is 5.15 Å². The van der Waals surface area contributed by atoms with Crippen LogP contribution in [0.4, 0.5) is 0 Å².